The molecule has 0 saturated carbocycles. The second-order valence-electron chi connectivity index (χ2n) is 14.4. The van der Waals surface area contributed by atoms with E-state index >= 15 is 0 Å². The van der Waals surface area contributed by atoms with Crippen molar-refractivity contribution in [3.05, 3.63) is 35.9 Å². The number of carboxylic acids is 1. The standard InChI is InChI=1S/C35H54N6O11/c1-21(2)16-24(30(47)37-18-27(43)39-23(32(49)51-34(3,4)5)14-15-26(42)36-20-29(45)46)41-31(48)25(17-22-12-10-9-11-13-22)40-28(44)19-38-33(50)52-35(6,7)8/h9-13,21,23-25H,14-20H2,1-8H3,(H,36,42)(H,37,47)(H,38,50)(H,39,43)(H,40,44)(H,41,48)(H,45,46). The number of benzene rings is 1. The van der Waals surface area contributed by atoms with Crippen molar-refractivity contribution in [3.8, 4) is 0 Å². The third-order valence-corrected chi connectivity index (χ3v) is 6.61. The smallest absolute Gasteiger partial charge is 0.408 e. The molecule has 52 heavy (non-hydrogen) atoms. The molecule has 0 fully saturated rings. The molecule has 0 aliphatic rings. The fourth-order valence-corrected chi connectivity index (χ4v) is 4.44. The number of hydrogen-bond acceptors (Lipinski definition) is 10. The van der Waals surface area contributed by atoms with Crippen LogP contribution in [0, 0.1) is 5.92 Å². The lowest BCUT2D eigenvalue weighted by atomic mass is 10.0. The second-order valence-corrected chi connectivity index (χ2v) is 14.4. The number of hydrogen-bond donors (Lipinski definition) is 7. The highest BCUT2D eigenvalue weighted by atomic mass is 16.6. The topological polar surface area (TPSA) is 247 Å². The van der Waals surface area contributed by atoms with Crippen molar-refractivity contribution in [1.82, 2.24) is 31.9 Å². The maximum absolute atomic E-state index is 13.6. The Bertz CT molecular complexity index is 1400. The van der Waals surface area contributed by atoms with E-state index in [0.717, 1.165) is 0 Å². The first kappa shape index (κ1) is 44.8. The molecule has 17 heteroatoms. The maximum atomic E-state index is 13.6. The number of amides is 6. The van der Waals surface area contributed by atoms with E-state index in [0.29, 0.717) is 5.56 Å². The average molecular weight is 735 g/mol. The van der Waals surface area contributed by atoms with Gasteiger partial charge in [0.25, 0.3) is 0 Å². The van der Waals surface area contributed by atoms with Gasteiger partial charge in [-0.25, -0.2) is 9.59 Å². The minimum Gasteiger partial charge on any atom is -0.480 e. The number of carbonyl (C=O) groups is 8. The van der Waals surface area contributed by atoms with E-state index in [1.54, 1.807) is 71.9 Å². The van der Waals surface area contributed by atoms with Crippen LogP contribution in [0.15, 0.2) is 30.3 Å². The van der Waals surface area contributed by atoms with Crippen molar-refractivity contribution in [3.63, 3.8) is 0 Å². The zero-order chi connectivity index (χ0) is 39.6. The highest BCUT2D eigenvalue weighted by Gasteiger charge is 2.30. The molecule has 3 atom stereocenters. The molecule has 17 nitrogen and oxygen atoms in total. The predicted molar refractivity (Wildman–Crippen MR) is 188 cm³/mol. The summed E-state index contributed by atoms with van der Waals surface area (Å²) in [6.45, 7) is 11.8. The number of rotatable bonds is 19. The fraction of sp³-hybridized carbons (Fsp3) is 0.600. The van der Waals surface area contributed by atoms with Crippen molar-refractivity contribution >= 4 is 47.6 Å². The summed E-state index contributed by atoms with van der Waals surface area (Å²) in [5.74, 6) is -5.71. The number of nitrogens with one attached hydrogen (secondary N) is 6. The van der Waals surface area contributed by atoms with Crippen LogP contribution in [0.5, 0.6) is 0 Å². The summed E-state index contributed by atoms with van der Waals surface area (Å²) in [6, 6.07) is 5.26. The van der Waals surface area contributed by atoms with Crippen LogP contribution in [-0.2, 0) is 49.5 Å². The minimum absolute atomic E-state index is 0.0592. The van der Waals surface area contributed by atoms with Crippen LogP contribution >= 0.6 is 0 Å². The van der Waals surface area contributed by atoms with Gasteiger partial charge in [0.2, 0.25) is 29.5 Å². The molecule has 0 radical (unpaired) electrons. The first-order valence-corrected chi connectivity index (χ1v) is 16.9. The Balaban J connectivity index is 3.01. The lowest BCUT2D eigenvalue weighted by Crippen LogP contribution is -2.56. The summed E-state index contributed by atoms with van der Waals surface area (Å²) in [5.41, 5.74) is -0.997. The van der Waals surface area contributed by atoms with Gasteiger partial charge in [0.05, 0.1) is 6.54 Å². The van der Waals surface area contributed by atoms with Gasteiger partial charge in [-0.15, -0.1) is 0 Å². The second kappa shape index (κ2) is 21.2. The quantitative estimate of drug-likeness (QED) is 0.0975. The normalized spacial score (nSPS) is 13.0. The first-order chi connectivity index (χ1) is 24.0. The van der Waals surface area contributed by atoms with Crippen LogP contribution in [0.3, 0.4) is 0 Å². The Hall–Kier alpha value is -5.22. The Labute approximate surface area is 304 Å². The van der Waals surface area contributed by atoms with Crippen molar-refractivity contribution in [2.75, 3.05) is 19.6 Å². The number of carboxylic acid groups (broad SMARTS) is 1. The summed E-state index contributed by atoms with van der Waals surface area (Å²) < 4.78 is 10.5. The lowest BCUT2D eigenvalue weighted by molar-refractivity contribution is -0.159. The molecular formula is C35H54N6O11. The van der Waals surface area contributed by atoms with E-state index in [1.807, 2.05) is 13.8 Å². The van der Waals surface area contributed by atoms with Gasteiger partial charge in [-0.3, -0.25) is 28.8 Å². The van der Waals surface area contributed by atoms with Crippen molar-refractivity contribution in [1.29, 1.82) is 0 Å². The van der Waals surface area contributed by atoms with Gasteiger partial charge >= 0.3 is 18.0 Å². The molecule has 0 bridgehead atoms. The molecule has 7 N–H and O–H groups in total. The molecular weight excluding hydrogens is 680 g/mol. The zero-order valence-corrected chi connectivity index (χ0v) is 31.2. The summed E-state index contributed by atoms with van der Waals surface area (Å²) >= 11 is 0. The summed E-state index contributed by atoms with van der Waals surface area (Å²) in [6.07, 6.45) is -1.11. The van der Waals surface area contributed by atoms with E-state index in [2.05, 4.69) is 31.9 Å². The summed E-state index contributed by atoms with van der Waals surface area (Å²) in [5, 5.41) is 23.4. The summed E-state index contributed by atoms with van der Waals surface area (Å²) in [7, 11) is 0. The Morgan fingerprint density at radius 1 is 0.654 bits per heavy atom. The largest absolute Gasteiger partial charge is 0.480 e. The van der Waals surface area contributed by atoms with E-state index in [-0.39, 0.29) is 31.6 Å². The Morgan fingerprint density at radius 3 is 1.75 bits per heavy atom. The van der Waals surface area contributed by atoms with E-state index in [1.165, 1.54) is 0 Å². The molecule has 1 aromatic carbocycles. The zero-order valence-electron chi connectivity index (χ0n) is 31.2. The highest BCUT2D eigenvalue weighted by Crippen LogP contribution is 2.12. The minimum atomic E-state index is -1.29. The molecule has 6 amide bonds. The molecule has 0 saturated heterocycles. The number of ether oxygens (including phenoxy) is 2. The molecule has 1 aromatic rings. The fourth-order valence-electron chi connectivity index (χ4n) is 4.44. The lowest BCUT2D eigenvalue weighted by Gasteiger charge is -2.25. The van der Waals surface area contributed by atoms with Gasteiger partial charge in [-0.1, -0.05) is 44.2 Å². The van der Waals surface area contributed by atoms with Crippen molar-refractivity contribution in [2.45, 2.75) is 110 Å². The van der Waals surface area contributed by atoms with Crippen LogP contribution in [0.25, 0.3) is 0 Å². The third-order valence-electron chi connectivity index (χ3n) is 6.61. The van der Waals surface area contributed by atoms with Gasteiger partial charge in [0, 0.05) is 12.8 Å². The van der Waals surface area contributed by atoms with Crippen LogP contribution in [0.4, 0.5) is 4.79 Å². The van der Waals surface area contributed by atoms with Crippen molar-refractivity contribution in [2.24, 2.45) is 5.92 Å². The maximum Gasteiger partial charge on any atom is 0.408 e. The molecule has 1 rings (SSSR count). The number of aliphatic carboxylic acids is 1. The van der Waals surface area contributed by atoms with Crippen LogP contribution < -0.4 is 31.9 Å². The van der Waals surface area contributed by atoms with Crippen LogP contribution in [0.1, 0.15) is 80.2 Å². The van der Waals surface area contributed by atoms with Gasteiger partial charge in [-0.2, -0.15) is 0 Å². The average Bonchev–Trinajstić information content (AvgIpc) is 3.01. The number of alkyl carbamates (subject to hydrolysis) is 1. The molecule has 0 heterocycles. The Kier molecular flexibility index (Phi) is 18.3. The third kappa shape index (κ3) is 20.5. The number of esters is 1. The van der Waals surface area contributed by atoms with Gasteiger partial charge in [0.1, 0.15) is 42.4 Å². The molecule has 0 spiro atoms. The van der Waals surface area contributed by atoms with Gasteiger partial charge < -0.3 is 46.5 Å². The van der Waals surface area contributed by atoms with Gasteiger partial charge in [-0.05, 0) is 65.9 Å². The Morgan fingerprint density at radius 2 is 1.21 bits per heavy atom. The molecule has 0 aliphatic carbocycles. The SMILES string of the molecule is CC(C)CC(NC(=O)C(Cc1ccccc1)NC(=O)CNC(=O)OC(C)(C)C)C(=O)NCC(=O)NC(CCC(=O)NCC(=O)O)C(=O)OC(C)(C)C. The van der Waals surface area contributed by atoms with Crippen LogP contribution in [0.2, 0.25) is 0 Å². The van der Waals surface area contributed by atoms with E-state index in [9.17, 15) is 38.4 Å². The monoisotopic (exact) mass is 734 g/mol. The predicted octanol–water partition coefficient (Wildman–Crippen LogP) is 0.693. The molecule has 290 valence electrons. The first-order valence-electron chi connectivity index (χ1n) is 16.9. The van der Waals surface area contributed by atoms with E-state index < -0.39 is 96.5 Å². The molecule has 0 aromatic heterocycles. The van der Waals surface area contributed by atoms with Crippen LogP contribution in [-0.4, -0.2) is 102 Å². The van der Waals surface area contributed by atoms with Crippen molar-refractivity contribution < 1.29 is 52.9 Å². The summed E-state index contributed by atoms with van der Waals surface area (Å²) in [4.78, 5) is 100. The highest BCUT2D eigenvalue weighted by molar-refractivity contribution is 5.94. The van der Waals surface area contributed by atoms with E-state index in [4.69, 9.17) is 14.6 Å². The van der Waals surface area contributed by atoms with Gasteiger partial charge in [0.15, 0.2) is 0 Å². The molecule has 0 aliphatic heterocycles. The number of carbonyl (C=O) groups excluding carboxylic acids is 7. The molecule has 3 unspecified atom stereocenters.